The first-order valence-electron chi connectivity index (χ1n) is 8.63. The summed E-state index contributed by atoms with van der Waals surface area (Å²) in [4.78, 5) is 20.3. The molecule has 0 fully saturated rings. The topological polar surface area (TPSA) is 104 Å². The highest BCUT2D eigenvalue weighted by Crippen LogP contribution is 2.15. The Balaban J connectivity index is 1.72. The van der Waals surface area contributed by atoms with Gasteiger partial charge in [0.05, 0.1) is 22.4 Å². The molecule has 0 saturated heterocycles. The molecule has 4 rings (SSSR count). The van der Waals surface area contributed by atoms with Crippen LogP contribution in [0.15, 0.2) is 64.5 Å². The van der Waals surface area contributed by atoms with Gasteiger partial charge >= 0.3 is 0 Å². The Labute approximate surface area is 160 Å². The zero-order chi connectivity index (χ0) is 19.7. The van der Waals surface area contributed by atoms with Gasteiger partial charge in [0.2, 0.25) is 5.71 Å². The molecule has 8 heteroatoms. The monoisotopic (exact) mass is 371 g/mol. The zero-order valence-electron chi connectivity index (χ0n) is 15.3. The van der Waals surface area contributed by atoms with E-state index in [1.54, 1.807) is 16.4 Å². The Morgan fingerprint density at radius 1 is 1.18 bits per heavy atom. The molecule has 138 valence electrons. The molecule has 0 bridgehead atoms. The molecular weight excluding hydrogens is 354 g/mol. The van der Waals surface area contributed by atoms with Crippen LogP contribution in [0.25, 0.3) is 16.7 Å². The maximum absolute atomic E-state index is 12.9. The van der Waals surface area contributed by atoms with Gasteiger partial charge < -0.3 is 4.98 Å². The molecule has 0 radical (unpaired) electrons. The number of benzene rings is 2. The van der Waals surface area contributed by atoms with E-state index in [-0.39, 0.29) is 11.3 Å². The van der Waals surface area contributed by atoms with Crippen molar-refractivity contribution in [2.45, 2.75) is 6.92 Å². The lowest BCUT2D eigenvalue weighted by atomic mass is 10.3. The Kier molecular flexibility index (Phi) is 4.26. The summed E-state index contributed by atoms with van der Waals surface area (Å²) < 4.78 is 3.28. The van der Waals surface area contributed by atoms with Gasteiger partial charge in [-0.25, -0.2) is 9.67 Å². The summed E-state index contributed by atoms with van der Waals surface area (Å²) in [6.45, 7) is 1.81. The molecule has 0 aliphatic carbocycles. The maximum Gasteiger partial charge on any atom is 0.296 e. The molecule has 0 spiro atoms. The fraction of sp³-hybridized carbons (Fsp3) is 0.100. The van der Waals surface area contributed by atoms with Gasteiger partial charge in [-0.1, -0.05) is 30.3 Å². The Bertz CT molecular complexity index is 1250. The van der Waals surface area contributed by atoms with Crippen LogP contribution in [0, 0.1) is 18.3 Å². The van der Waals surface area contributed by atoms with Gasteiger partial charge in [-0.15, -0.1) is 0 Å². The summed E-state index contributed by atoms with van der Waals surface area (Å²) in [7, 11) is 1.79. The normalized spacial score (nSPS) is 11.5. The first kappa shape index (κ1) is 17.3. The average molecular weight is 371 g/mol. The predicted molar refractivity (Wildman–Crippen MR) is 108 cm³/mol. The van der Waals surface area contributed by atoms with Crippen molar-refractivity contribution >= 4 is 22.4 Å². The van der Waals surface area contributed by atoms with Gasteiger partial charge in [0.25, 0.3) is 5.56 Å². The molecule has 0 saturated carbocycles. The lowest BCUT2D eigenvalue weighted by Gasteiger charge is -2.07. The number of hydrazone groups is 1. The standard InChI is InChI=1S/C20H17N7O/c1-13-18(20(28)27(26(13)2)14-8-4-3-5-9-14)25-24-17(12-21)19-22-15-10-6-7-11-16(15)23-19/h3-11,25H,1-2H3,(H,22,23). The van der Waals surface area contributed by atoms with E-state index in [4.69, 9.17) is 0 Å². The Hall–Kier alpha value is -4.12. The molecule has 0 unspecified atom stereocenters. The minimum absolute atomic E-state index is 0.0603. The molecular formula is C20H17N7O. The summed E-state index contributed by atoms with van der Waals surface area (Å²) in [5, 5.41) is 13.6. The number of nitrogens with one attached hydrogen (secondary N) is 2. The third kappa shape index (κ3) is 2.85. The Morgan fingerprint density at radius 3 is 2.61 bits per heavy atom. The van der Waals surface area contributed by atoms with Crippen molar-refractivity contribution in [3.05, 3.63) is 76.5 Å². The van der Waals surface area contributed by atoms with Crippen LogP contribution in [-0.4, -0.2) is 25.0 Å². The second-order valence-corrected chi connectivity index (χ2v) is 6.22. The number of aromatic amines is 1. The first-order valence-corrected chi connectivity index (χ1v) is 8.63. The summed E-state index contributed by atoms with van der Waals surface area (Å²) in [6, 6.07) is 18.8. The number of hydrogen-bond acceptors (Lipinski definition) is 5. The van der Waals surface area contributed by atoms with E-state index in [1.807, 2.05) is 67.6 Å². The lowest BCUT2D eigenvalue weighted by Crippen LogP contribution is -2.20. The van der Waals surface area contributed by atoms with Crippen LogP contribution in [0.2, 0.25) is 0 Å². The number of para-hydroxylation sites is 3. The number of nitriles is 1. The fourth-order valence-corrected chi connectivity index (χ4v) is 3.00. The van der Waals surface area contributed by atoms with Gasteiger partial charge in [-0.05, 0) is 31.2 Å². The number of anilines is 1. The van der Waals surface area contributed by atoms with Crippen LogP contribution >= 0.6 is 0 Å². The van der Waals surface area contributed by atoms with Gasteiger partial charge in [0.15, 0.2) is 5.82 Å². The van der Waals surface area contributed by atoms with Crippen LogP contribution in [0.4, 0.5) is 5.69 Å². The number of nitrogens with zero attached hydrogens (tertiary/aromatic N) is 5. The minimum atomic E-state index is -0.253. The lowest BCUT2D eigenvalue weighted by molar-refractivity contribution is 0.630. The van der Waals surface area contributed by atoms with E-state index >= 15 is 0 Å². The highest BCUT2D eigenvalue weighted by atomic mass is 16.1. The second-order valence-electron chi connectivity index (χ2n) is 6.22. The van der Waals surface area contributed by atoms with Crippen molar-refractivity contribution in [2.24, 2.45) is 12.1 Å². The molecule has 0 aliphatic rings. The van der Waals surface area contributed by atoms with Crippen LogP contribution < -0.4 is 11.0 Å². The molecule has 8 nitrogen and oxygen atoms in total. The molecule has 2 N–H and O–H groups in total. The number of fused-ring (bicyclic) bond motifs is 1. The van der Waals surface area contributed by atoms with Crippen LogP contribution in [-0.2, 0) is 7.05 Å². The van der Waals surface area contributed by atoms with Gasteiger partial charge in [0, 0.05) is 7.05 Å². The van der Waals surface area contributed by atoms with Crippen molar-refractivity contribution in [1.82, 2.24) is 19.3 Å². The van der Waals surface area contributed by atoms with Gasteiger partial charge in [-0.2, -0.15) is 10.4 Å². The Morgan fingerprint density at radius 2 is 1.89 bits per heavy atom. The van der Waals surface area contributed by atoms with E-state index in [0.717, 1.165) is 16.7 Å². The quantitative estimate of drug-likeness (QED) is 0.425. The molecule has 4 aromatic rings. The van der Waals surface area contributed by atoms with Crippen LogP contribution in [0.3, 0.4) is 0 Å². The minimum Gasteiger partial charge on any atom is -0.336 e. The summed E-state index contributed by atoms with van der Waals surface area (Å²) >= 11 is 0. The van der Waals surface area contributed by atoms with Crippen molar-refractivity contribution in [1.29, 1.82) is 5.26 Å². The first-order chi connectivity index (χ1) is 13.6. The third-order valence-corrected chi connectivity index (χ3v) is 4.55. The van der Waals surface area contributed by atoms with E-state index in [0.29, 0.717) is 17.2 Å². The van der Waals surface area contributed by atoms with E-state index in [1.165, 1.54) is 0 Å². The van der Waals surface area contributed by atoms with Crippen molar-refractivity contribution < 1.29 is 0 Å². The van der Waals surface area contributed by atoms with E-state index in [9.17, 15) is 10.1 Å². The SMILES string of the molecule is Cc1c(NN=C(C#N)c2nc3ccccc3[nH]2)c(=O)n(-c2ccccc2)n1C. The van der Waals surface area contributed by atoms with Crippen molar-refractivity contribution in [3.63, 3.8) is 0 Å². The van der Waals surface area contributed by atoms with Crippen LogP contribution in [0.5, 0.6) is 0 Å². The number of rotatable bonds is 4. The van der Waals surface area contributed by atoms with Gasteiger partial charge in [0.1, 0.15) is 11.8 Å². The second kappa shape index (κ2) is 6.89. The molecule has 28 heavy (non-hydrogen) atoms. The average Bonchev–Trinajstić information content (AvgIpc) is 3.23. The van der Waals surface area contributed by atoms with Gasteiger partial charge in [-0.3, -0.25) is 14.9 Å². The number of aromatic nitrogens is 4. The van der Waals surface area contributed by atoms with E-state index < -0.39 is 0 Å². The molecule has 0 amide bonds. The summed E-state index contributed by atoms with van der Waals surface area (Å²) in [5.41, 5.74) is 5.85. The van der Waals surface area contributed by atoms with Crippen molar-refractivity contribution in [3.8, 4) is 11.8 Å². The molecule has 2 aromatic heterocycles. The third-order valence-electron chi connectivity index (χ3n) is 4.55. The zero-order valence-corrected chi connectivity index (χ0v) is 15.3. The predicted octanol–water partition coefficient (Wildman–Crippen LogP) is 2.70. The van der Waals surface area contributed by atoms with Crippen LogP contribution in [0.1, 0.15) is 11.5 Å². The largest absolute Gasteiger partial charge is 0.336 e. The fourth-order valence-electron chi connectivity index (χ4n) is 3.00. The van der Waals surface area contributed by atoms with Crippen molar-refractivity contribution in [2.75, 3.05) is 5.43 Å². The maximum atomic E-state index is 12.9. The molecule has 0 aliphatic heterocycles. The highest BCUT2D eigenvalue weighted by Gasteiger charge is 2.16. The smallest absolute Gasteiger partial charge is 0.296 e. The van der Waals surface area contributed by atoms with E-state index in [2.05, 4.69) is 20.5 Å². The summed E-state index contributed by atoms with van der Waals surface area (Å²) in [5.74, 6) is 0.341. The highest BCUT2D eigenvalue weighted by molar-refractivity contribution is 6.10. The summed E-state index contributed by atoms with van der Waals surface area (Å²) in [6.07, 6.45) is 0. The number of hydrogen-bond donors (Lipinski definition) is 2. The molecule has 2 aromatic carbocycles. The number of H-pyrrole nitrogens is 1. The molecule has 0 atom stereocenters. The molecule has 2 heterocycles. The number of imidazole rings is 1.